The van der Waals surface area contributed by atoms with E-state index in [2.05, 4.69) is 11.9 Å². The van der Waals surface area contributed by atoms with Crippen LogP contribution in [0.3, 0.4) is 0 Å². The monoisotopic (exact) mass is 281 g/mol. The van der Waals surface area contributed by atoms with Crippen LogP contribution in [0.25, 0.3) is 0 Å². The Hall–Kier alpha value is -1.88. The summed E-state index contributed by atoms with van der Waals surface area (Å²) in [6, 6.07) is -0.299. The Kier molecular flexibility index (Phi) is 9.04. The van der Waals surface area contributed by atoms with Gasteiger partial charge in [0.15, 0.2) is 6.10 Å². The fourth-order valence-corrected chi connectivity index (χ4v) is 1.72. The minimum absolute atomic E-state index is 0.190. The highest BCUT2D eigenvalue weighted by atomic mass is 16.5. The third-order valence-corrected chi connectivity index (χ3v) is 2.56. The van der Waals surface area contributed by atoms with Gasteiger partial charge in [-0.05, 0) is 5.57 Å². The van der Waals surface area contributed by atoms with Crippen molar-refractivity contribution in [3.8, 4) is 0 Å². The molecule has 1 heterocycles. The van der Waals surface area contributed by atoms with Gasteiger partial charge >= 0.3 is 5.97 Å². The number of rotatable bonds is 4. The van der Waals surface area contributed by atoms with E-state index >= 15 is 0 Å². The quantitative estimate of drug-likeness (QED) is 0.773. The summed E-state index contributed by atoms with van der Waals surface area (Å²) in [6.45, 7) is 9.15. The van der Waals surface area contributed by atoms with Gasteiger partial charge in [-0.1, -0.05) is 44.7 Å². The normalized spacial score (nSPS) is 23.9. The third kappa shape index (κ3) is 6.33. The molecule has 1 saturated heterocycles. The fourth-order valence-electron chi connectivity index (χ4n) is 1.72. The minimum atomic E-state index is -1.01. The largest absolute Gasteiger partial charge is 0.479 e. The SMILES string of the molecule is C=C/C=C\C=C1/COC(C(=O)O)CC1NC(C)=O.CC. The Balaban J connectivity index is 0.00000172. The second-order valence-electron chi connectivity index (χ2n) is 3.99. The molecule has 0 spiro atoms. The molecule has 0 aromatic carbocycles. The molecular formula is C15H23NO4. The van der Waals surface area contributed by atoms with Crippen molar-refractivity contribution in [2.24, 2.45) is 0 Å². The highest BCUT2D eigenvalue weighted by molar-refractivity contribution is 5.75. The van der Waals surface area contributed by atoms with Crippen LogP contribution in [0.2, 0.25) is 0 Å². The first-order valence-corrected chi connectivity index (χ1v) is 6.64. The van der Waals surface area contributed by atoms with Crippen LogP contribution in [0.5, 0.6) is 0 Å². The number of allylic oxidation sites excluding steroid dienone is 4. The minimum Gasteiger partial charge on any atom is -0.479 e. The lowest BCUT2D eigenvalue weighted by Gasteiger charge is -2.30. The summed E-state index contributed by atoms with van der Waals surface area (Å²) in [7, 11) is 0. The van der Waals surface area contributed by atoms with E-state index in [1.165, 1.54) is 6.92 Å². The van der Waals surface area contributed by atoms with Crippen LogP contribution in [0, 0.1) is 0 Å². The van der Waals surface area contributed by atoms with Crippen LogP contribution in [-0.2, 0) is 14.3 Å². The molecule has 1 aliphatic heterocycles. The van der Waals surface area contributed by atoms with Crippen LogP contribution in [0.1, 0.15) is 27.2 Å². The molecule has 20 heavy (non-hydrogen) atoms. The molecule has 5 nitrogen and oxygen atoms in total. The van der Waals surface area contributed by atoms with E-state index in [0.29, 0.717) is 0 Å². The van der Waals surface area contributed by atoms with Gasteiger partial charge in [-0.25, -0.2) is 4.79 Å². The lowest BCUT2D eigenvalue weighted by atomic mass is 9.97. The van der Waals surface area contributed by atoms with E-state index in [1.54, 1.807) is 24.3 Å². The van der Waals surface area contributed by atoms with Crippen LogP contribution >= 0.6 is 0 Å². The summed E-state index contributed by atoms with van der Waals surface area (Å²) in [5.74, 6) is -1.20. The molecule has 2 atom stereocenters. The zero-order chi connectivity index (χ0) is 15.5. The summed E-state index contributed by atoms with van der Waals surface area (Å²) in [5, 5.41) is 11.6. The second-order valence-corrected chi connectivity index (χ2v) is 3.99. The second kappa shape index (κ2) is 9.97. The van der Waals surface area contributed by atoms with Gasteiger partial charge in [-0.2, -0.15) is 0 Å². The van der Waals surface area contributed by atoms with Crippen molar-refractivity contribution >= 4 is 11.9 Å². The van der Waals surface area contributed by atoms with Gasteiger partial charge in [0.25, 0.3) is 0 Å². The number of hydrogen-bond acceptors (Lipinski definition) is 3. The summed E-state index contributed by atoms with van der Waals surface area (Å²) >= 11 is 0. The van der Waals surface area contributed by atoms with Gasteiger partial charge in [0.2, 0.25) is 5.91 Å². The molecule has 0 saturated carbocycles. The number of carboxylic acid groups (broad SMARTS) is 1. The van der Waals surface area contributed by atoms with Crippen LogP contribution < -0.4 is 5.32 Å². The summed E-state index contributed by atoms with van der Waals surface area (Å²) in [4.78, 5) is 22.0. The highest BCUT2D eigenvalue weighted by Crippen LogP contribution is 2.19. The number of carbonyl (C=O) groups excluding carboxylic acids is 1. The third-order valence-electron chi connectivity index (χ3n) is 2.56. The average Bonchev–Trinajstić information content (AvgIpc) is 2.42. The smallest absolute Gasteiger partial charge is 0.332 e. The Morgan fingerprint density at radius 1 is 1.40 bits per heavy atom. The van der Waals surface area contributed by atoms with Crippen molar-refractivity contribution in [2.45, 2.75) is 39.3 Å². The number of hydrogen-bond donors (Lipinski definition) is 2. The van der Waals surface area contributed by atoms with E-state index in [0.717, 1.165) is 5.57 Å². The van der Waals surface area contributed by atoms with Gasteiger partial charge in [0.05, 0.1) is 12.6 Å². The van der Waals surface area contributed by atoms with Crippen molar-refractivity contribution in [1.82, 2.24) is 5.32 Å². The lowest BCUT2D eigenvalue weighted by molar-refractivity contribution is -0.152. The molecule has 0 aromatic rings. The van der Waals surface area contributed by atoms with Crippen molar-refractivity contribution in [3.05, 3.63) is 36.5 Å². The van der Waals surface area contributed by atoms with Gasteiger partial charge in [0, 0.05) is 13.3 Å². The maximum absolute atomic E-state index is 11.1. The number of aliphatic carboxylic acids is 1. The molecule has 1 fully saturated rings. The van der Waals surface area contributed by atoms with Crippen molar-refractivity contribution in [3.63, 3.8) is 0 Å². The Bertz CT molecular complexity index is 399. The predicted molar refractivity (Wildman–Crippen MR) is 78.4 cm³/mol. The predicted octanol–water partition coefficient (Wildman–Crippen LogP) is 2.06. The standard InChI is InChI=1S/C13H17NO4.C2H6/c1-3-4-5-6-10-8-18-12(13(16)17)7-11(10)14-9(2)15;1-2/h3-6,11-12H,1,7-8H2,2H3,(H,14,15)(H,16,17);1-2H3/b5-4-,10-6+;. The summed E-state index contributed by atoms with van der Waals surface area (Å²) in [6.07, 6.45) is 6.34. The molecule has 0 radical (unpaired) electrons. The van der Waals surface area contributed by atoms with Gasteiger partial charge in [-0.15, -0.1) is 0 Å². The molecule has 0 aliphatic carbocycles. The summed E-state index contributed by atoms with van der Waals surface area (Å²) < 4.78 is 5.22. The zero-order valence-electron chi connectivity index (χ0n) is 12.3. The van der Waals surface area contributed by atoms with Crippen molar-refractivity contribution < 1.29 is 19.4 Å². The van der Waals surface area contributed by atoms with Crippen LogP contribution in [-0.4, -0.2) is 35.7 Å². The first-order valence-electron chi connectivity index (χ1n) is 6.64. The molecule has 112 valence electrons. The number of nitrogens with one attached hydrogen (secondary N) is 1. The maximum atomic E-state index is 11.1. The molecule has 2 unspecified atom stereocenters. The molecule has 0 aromatic heterocycles. The van der Waals surface area contributed by atoms with E-state index < -0.39 is 12.1 Å². The Morgan fingerprint density at radius 3 is 2.55 bits per heavy atom. The van der Waals surface area contributed by atoms with Gasteiger partial charge in [-0.3, -0.25) is 4.79 Å². The Labute approximate surface area is 120 Å². The van der Waals surface area contributed by atoms with Crippen molar-refractivity contribution in [1.29, 1.82) is 0 Å². The van der Waals surface area contributed by atoms with Crippen molar-refractivity contribution in [2.75, 3.05) is 6.61 Å². The van der Waals surface area contributed by atoms with E-state index in [4.69, 9.17) is 9.84 Å². The maximum Gasteiger partial charge on any atom is 0.332 e. The van der Waals surface area contributed by atoms with Crippen LogP contribution in [0.15, 0.2) is 36.5 Å². The zero-order valence-corrected chi connectivity index (χ0v) is 12.3. The molecule has 1 aliphatic rings. The summed E-state index contributed by atoms with van der Waals surface area (Å²) in [5.41, 5.74) is 0.848. The molecule has 1 amide bonds. The Morgan fingerprint density at radius 2 is 2.05 bits per heavy atom. The average molecular weight is 281 g/mol. The highest BCUT2D eigenvalue weighted by Gasteiger charge is 2.31. The topological polar surface area (TPSA) is 75.6 Å². The van der Waals surface area contributed by atoms with E-state index in [1.807, 2.05) is 13.8 Å². The molecule has 1 rings (SSSR count). The number of ether oxygens (including phenoxy) is 1. The number of carbonyl (C=O) groups is 2. The molecule has 5 heteroatoms. The lowest BCUT2D eigenvalue weighted by Crippen LogP contribution is -2.45. The molecule has 0 bridgehead atoms. The molecule has 2 N–H and O–H groups in total. The number of carboxylic acids is 1. The van der Waals surface area contributed by atoms with Gasteiger partial charge < -0.3 is 15.2 Å². The van der Waals surface area contributed by atoms with Gasteiger partial charge in [0.1, 0.15) is 0 Å². The first kappa shape index (κ1) is 18.1. The fraction of sp³-hybridized carbons (Fsp3) is 0.467. The van der Waals surface area contributed by atoms with E-state index in [-0.39, 0.29) is 25.0 Å². The first-order chi connectivity index (χ1) is 9.54. The molecular weight excluding hydrogens is 258 g/mol. The van der Waals surface area contributed by atoms with E-state index in [9.17, 15) is 9.59 Å². The van der Waals surface area contributed by atoms with Crippen LogP contribution in [0.4, 0.5) is 0 Å². The number of amides is 1.